The van der Waals surface area contributed by atoms with Crippen LogP contribution >= 0.6 is 0 Å². The van der Waals surface area contributed by atoms with Gasteiger partial charge in [0.1, 0.15) is 12.1 Å². The van der Waals surface area contributed by atoms with Crippen molar-refractivity contribution < 1.29 is 29.0 Å². The third kappa shape index (κ3) is 3.69. The van der Waals surface area contributed by atoms with E-state index in [1.165, 1.54) is 0 Å². The molecule has 7 nitrogen and oxygen atoms in total. The van der Waals surface area contributed by atoms with E-state index in [4.69, 9.17) is 9.84 Å². The molecule has 0 aromatic heterocycles. The highest BCUT2D eigenvalue weighted by molar-refractivity contribution is 5.89. The molecule has 0 bridgehead atoms. The van der Waals surface area contributed by atoms with Crippen molar-refractivity contribution in [1.82, 2.24) is 5.32 Å². The zero-order valence-electron chi connectivity index (χ0n) is 10.3. The fourth-order valence-electron chi connectivity index (χ4n) is 1.73. The van der Waals surface area contributed by atoms with Crippen molar-refractivity contribution in [2.45, 2.75) is 31.9 Å². The van der Waals surface area contributed by atoms with Gasteiger partial charge in [-0.3, -0.25) is 9.59 Å². The predicted octanol–water partition coefficient (Wildman–Crippen LogP) is -0.456. The lowest BCUT2D eigenvalue weighted by molar-refractivity contribution is -0.149. The molecule has 7 heteroatoms. The average Bonchev–Trinajstić information content (AvgIpc) is 2.74. The van der Waals surface area contributed by atoms with E-state index in [0.717, 1.165) is 13.5 Å². The fraction of sp³-hybridized carbons (Fsp3) is 0.727. The second-order valence-electron chi connectivity index (χ2n) is 4.24. The van der Waals surface area contributed by atoms with E-state index >= 15 is 0 Å². The van der Waals surface area contributed by atoms with E-state index < -0.39 is 36.4 Å². The molecule has 2 unspecified atom stereocenters. The molecular formula is C11H17NO6. The smallest absolute Gasteiger partial charge is 0.326 e. The Labute approximate surface area is 104 Å². The van der Waals surface area contributed by atoms with Crippen LogP contribution in [0.2, 0.25) is 0 Å². The lowest BCUT2D eigenvalue weighted by Crippen LogP contribution is -2.47. The van der Waals surface area contributed by atoms with Crippen molar-refractivity contribution in [3.05, 3.63) is 0 Å². The highest BCUT2D eigenvalue weighted by atomic mass is 16.5. The van der Waals surface area contributed by atoms with Crippen molar-refractivity contribution >= 4 is 17.8 Å². The van der Waals surface area contributed by atoms with E-state index in [1.54, 1.807) is 0 Å². The lowest BCUT2D eigenvalue weighted by atomic mass is 10.0. The number of carbonyl (C=O) groups is 3. The summed E-state index contributed by atoms with van der Waals surface area (Å²) in [5.41, 5.74) is 0. The van der Waals surface area contributed by atoms with Gasteiger partial charge in [0.15, 0.2) is 0 Å². The number of carboxylic acids is 1. The van der Waals surface area contributed by atoms with Crippen LogP contribution in [-0.4, -0.2) is 48.8 Å². The van der Waals surface area contributed by atoms with Crippen molar-refractivity contribution in [3.8, 4) is 0 Å². The van der Waals surface area contributed by atoms with Gasteiger partial charge < -0.3 is 19.9 Å². The second-order valence-corrected chi connectivity index (χ2v) is 4.24. The number of rotatable bonds is 5. The van der Waals surface area contributed by atoms with Crippen LogP contribution < -0.4 is 5.32 Å². The first-order chi connectivity index (χ1) is 8.45. The number of amides is 1. The lowest BCUT2D eigenvalue weighted by Gasteiger charge is -2.18. The molecule has 1 fully saturated rings. The molecular weight excluding hydrogens is 242 g/mol. The Morgan fingerprint density at radius 2 is 2.17 bits per heavy atom. The highest BCUT2D eigenvalue weighted by Crippen LogP contribution is 2.20. The molecule has 1 heterocycles. The summed E-state index contributed by atoms with van der Waals surface area (Å²) in [6.07, 6.45) is -0.296. The largest absolute Gasteiger partial charge is 0.480 e. The second kappa shape index (κ2) is 6.34. The summed E-state index contributed by atoms with van der Waals surface area (Å²) < 4.78 is 9.59. The van der Waals surface area contributed by atoms with Gasteiger partial charge in [-0.1, -0.05) is 6.92 Å². The van der Waals surface area contributed by atoms with Gasteiger partial charge in [-0.15, -0.1) is 0 Å². The van der Waals surface area contributed by atoms with Crippen LogP contribution in [0.25, 0.3) is 0 Å². The average molecular weight is 259 g/mol. The number of methoxy groups -OCH3 is 1. The molecule has 1 aliphatic heterocycles. The monoisotopic (exact) mass is 259 g/mol. The summed E-state index contributed by atoms with van der Waals surface area (Å²) in [5.74, 6) is -2.43. The van der Waals surface area contributed by atoms with Gasteiger partial charge in [-0.25, -0.2) is 4.79 Å². The van der Waals surface area contributed by atoms with E-state index in [-0.39, 0.29) is 5.92 Å². The summed E-state index contributed by atoms with van der Waals surface area (Å²) in [6, 6.07) is -1.29. The molecule has 1 amide bonds. The van der Waals surface area contributed by atoms with E-state index in [0.29, 0.717) is 6.61 Å². The molecule has 1 aliphatic rings. The standard InChI is InChI=1S/C11H17NO6/c1-6-3-4-18-9(6)10(14)12-7(11(15)16)5-8(13)17-2/h6-7,9H,3-5H2,1-2H3,(H,12,14)(H,15,16)/t6?,7-,9?/m0/s1. The topological polar surface area (TPSA) is 102 Å². The quantitative estimate of drug-likeness (QED) is 0.648. The van der Waals surface area contributed by atoms with Gasteiger partial charge in [0.2, 0.25) is 5.91 Å². The summed E-state index contributed by atoms with van der Waals surface area (Å²) in [7, 11) is 1.16. The van der Waals surface area contributed by atoms with Crippen LogP contribution in [0.15, 0.2) is 0 Å². The zero-order valence-corrected chi connectivity index (χ0v) is 10.3. The Kier molecular flexibility index (Phi) is 5.08. The maximum absolute atomic E-state index is 11.8. The SMILES string of the molecule is COC(=O)C[C@H](NC(=O)C1OCCC1C)C(=O)O. The zero-order chi connectivity index (χ0) is 13.7. The first kappa shape index (κ1) is 14.4. The van der Waals surface area contributed by atoms with E-state index in [9.17, 15) is 14.4 Å². The van der Waals surface area contributed by atoms with Gasteiger partial charge in [0.25, 0.3) is 0 Å². The molecule has 2 N–H and O–H groups in total. The van der Waals surface area contributed by atoms with Crippen LogP contribution in [0.5, 0.6) is 0 Å². The van der Waals surface area contributed by atoms with Gasteiger partial charge in [0.05, 0.1) is 13.5 Å². The van der Waals surface area contributed by atoms with Crippen LogP contribution in [0.4, 0.5) is 0 Å². The Bertz CT molecular complexity index is 342. The first-order valence-corrected chi connectivity index (χ1v) is 5.67. The molecule has 1 saturated heterocycles. The van der Waals surface area contributed by atoms with Crippen molar-refractivity contribution in [1.29, 1.82) is 0 Å². The normalized spacial score (nSPS) is 24.3. The van der Waals surface area contributed by atoms with Crippen LogP contribution in [0.1, 0.15) is 19.8 Å². The fourth-order valence-corrected chi connectivity index (χ4v) is 1.73. The molecule has 1 rings (SSSR count). The number of nitrogens with one attached hydrogen (secondary N) is 1. The third-order valence-electron chi connectivity index (χ3n) is 2.86. The van der Waals surface area contributed by atoms with E-state index in [2.05, 4.69) is 10.1 Å². The summed E-state index contributed by atoms with van der Waals surface area (Å²) in [5, 5.41) is 11.2. The summed E-state index contributed by atoms with van der Waals surface area (Å²) in [4.78, 5) is 33.7. The summed E-state index contributed by atoms with van der Waals surface area (Å²) in [6.45, 7) is 2.33. The third-order valence-corrected chi connectivity index (χ3v) is 2.86. The molecule has 0 spiro atoms. The number of hydrogen-bond donors (Lipinski definition) is 2. The molecule has 102 valence electrons. The molecule has 0 radical (unpaired) electrons. The molecule has 0 aromatic rings. The maximum Gasteiger partial charge on any atom is 0.326 e. The molecule has 18 heavy (non-hydrogen) atoms. The first-order valence-electron chi connectivity index (χ1n) is 5.67. The van der Waals surface area contributed by atoms with Gasteiger partial charge in [0, 0.05) is 6.61 Å². The summed E-state index contributed by atoms with van der Waals surface area (Å²) >= 11 is 0. The number of ether oxygens (including phenoxy) is 2. The number of carbonyl (C=O) groups excluding carboxylic acids is 2. The Morgan fingerprint density at radius 3 is 2.61 bits per heavy atom. The highest BCUT2D eigenvalue weighted by Gasteiger charge is 2.34. The van der Waals surface area contributed by atoms with Gasteiger partial charge >= 0.3 is 11.9 Å². The minimum atomic E-state index is -1.29. The number of hydrogen-bond acceptors (Lipinski definition) is 5. The number of aliphatic carboxylic acids is 1. The molecule has 0 aliphatic carbocycles. The minimum absolute atomic E-state index is 0.0394. The van der Waals surface area contributed by atoms with Crippen LogP contribution in [0.3, 0.4) is 0 Å². The van der Waals surface area contributed by atoms with Gasteiger partial charge in [-0.05, 0) is 12.3 Å². The number of carboxylic acid groups (broad SMARTS) is 1. The Balaban J connectivity index is 2.57. The van der Waals surface area contributed by atoms with Crippen molar-refractivity contribution in [2.24, 2.45) is 5.92 Å². The van der Waals surface area contributed by atoms with Crippen LogP contribution in [-0.2, 0) is 23.9 Å². The van der Waals surface area contributed by atoms with Crippen molar-refractivity contribution in [3.63, 3.8) is 0 Å². The Hall–Kier alpha value is -1.63. The molecule has 3 atom stereocenters. The molecule has 0 aromatic carbocycles. The predicted molar refractivity (Wildman–Crippen MR) is 59.7 cm³/mol. The van der Waals surface area contributed by atoms with Crippen molar-refractivity contribution in [2.75, 3.05) is 13.7 Å². The minimum Gasteiger partial charge on any atom is -0.480 e. The number of esters is 1. The van der Waals surface area contributed by atoms with Crippen LogP contribution in [0, 0.1) is 5.92 Å². The van der Waals surface area contributed by atoms with E-state index in [1.807, 2.05) is 6.92 Å². The Morgan fingerprint density at radius 1 is 1.50 bits per heavy atom. The maximum atomic E-state index is 11.8. The van der Waals surface area contributed by atoms with Gasteiger partial charge in [-0.2, -0.15) is 0 Å². The molecule has 0 saturated carbocycles.